The lowest BCUT2D eigenvalue weighted by Crippen LogP contribution is -2.33. The van der Waals surface area contributed by atoms with Crippen LogP contribution in [0.1, 0.15) is 30.2 Å². The second-order valence-corrected chi connectivity index (χ2v) is 3.87. The first-order chi connectivity index (χ1) is 7.15. The lowest BCUT2D eigenvalue weighted by molar-refractivity contribution is 0.473. The zero-order valence-corrected chi connectivity index (χ0v) is 9.08. The van der Waals surface area contributed by atoms with Crippen molar-refractivity contribution >= 4 is 5.96 Å². The van der Waals surface area contributed by atoms with Crippen LogP contribution in [0.5, 0.6) is 0 Å². The van der Waals surface area contributed by atoms with Crippen LogP contribution in [0.3, 0.4) is 0 Å². The molecule has 0 unspecified atom stereocenters. The molecule has 15 heavy (non-hydrogen) atoms. The van der Waals surface area contributed by atoms with E-state index in [1.807, 2.05) is 13.8 Å². The molecule has 5 nitrogen and oxygen atoms in total. The van der Waals surface area contributed by atoms with Crippen LogP contribution >= 0.6 is 0 Å². The van der Waals surface area contributed by atoms with Crippen molar-refractivity contribution in [1.29, 1.82) is 0 Å². The van der Waals surface area contributed by atoms with E-state index in [9.17, 15) is 0 Å². The summed E-state index contributed by atoms with van der Waals surface area (Å²) in [5.74, 6) is 1.94. The zero-order valence-electron chi connectivity index (χ0n) is 9.08. The second-order valence-electron chi connectivity index (χ2n) is 3.87. The summed E-state index contributed by atoms with van der Waals surface area (Å²) >= 11 is 0. The smallest absolute Gasteiger partial charge is 0.216 e. The number of nitrogens with one attached hydrogen (secondary N) is 1. The summed E-state index contributed by atoms with van der Waals surface area (Å²) < 4.78 is 5.38. The van der Waals surface area contributed by atoms with Crippen molar-refractivity contribution in [3.8, 4) is 0 Å². The molecule has 1 aromatic heterocycles. The molecular weight excluding hydrogens is 192 g/mol. The van der Waals surface area contributed by atoms with Crippen molar-refractivity contribution < 1.29 is 4.42 Å². The topological polar surface area (TPSA) is 76.4 Å². The van der Waals surface area contributed by atoms with Crippen molar-refractivity contribution in [3.05, 3.63) is 17.3 Å². The number of rotatable bonds is 3. The van der Waals surface area contributed by atoms with E-state index in [2.05, 4.69) is 15.3 Å². The predicted molar refractivity (Wildman–Crippen MR) is 57.5 cm³/mol. The number of aliphatic imine (C=N–C) groups is 1. The van der Waals surface area contributed by atoms with Gasteiger partial charge in [0.15, 0.2) is 5.96 Å². The molecule has 2 rings (SSSR count). The first-order valence-electron chi connectivity index (χ1n) is 5.14. The number of nitrogens with two attached hydrogens (primary N) is 1. The third-order valence-electron chi connectivity index (χ3n) is 2.39. The lowest BCUT2D eigenvalue weighted by Gasteiger charge is -2.00. The van der Waals surface area contributed by atoms with Crippen LogP contribution in [0.25, 0.3) is 0 Å². The van der Waals surface area contributed by atoms with E-state index < -0.39 is 0 Å². The van der Waals surface area contributed by atoms with Crippen LogP contribution in [-0.4, -0.2) is 17.0 Å². The maximum Gasteiger partial charge on any atom is 0.216 e. The standard InChI is InChI=1S/C10H16N4O/c1-6-7(2)15-9(13-6)5-12-10(11)14-8-3-4-8/h8H,3-5H2,1-2H3,(H3,11,12,14). The summed E-state index contributed by atoms with van der Waals surface area (Å²) in [7, 11) is 0. The summed E-state index contributed by atoms with van der Waals surface area (Å²) in [6, 6.07) is 0.529. The van der Waals surface area contributed by atoms with E-state index in [0.717, 1.165) is 11.5 Å². The van der Waals surface area contributed by atoms with Gasteiger partial charge in [-0.1, -0.05) is 0 Å². The fraction of sp³-hybridized carbons (Fsp3) is 0.600. The quantitative estimate of drug-likeness (QED) is 0.570. The number of aryl methyl sites for hydroxylation is 2. The Morgan fingerprint density at radius 2 is 2.33 bits per heavy atom. The lowest BCUT2D eigenvalue weighted by atomic mass is 10.4. The second kappa shape index (κ2) is 3.92. The average molecular weight is 208 g/mol. The summed E-state index contributed by atoms with van der Waals surface area (Å²) in [6.07, 6.45) is 2.38. The molecule has 3 N–H and O–H groups in total. The SMILES string of the molecule is Cc1nc(CN=C(N)NC2CC2)oc1C. The van der Waals surface area contributed by atoms with Gasteiger partial charge in [-0.05, 0) is 26.7 Å². The van der Waals surface area contributed by atoms with Gasteiger partial charge in [-0.15, -0.1) is 0 Å². The molecule has 1 aliphatic carbocycles. The molecule has 0 aromatic carbocycles. The van der Waals surface area contributed by atoms with Crippen molar-refractivity contribution in [2.45, 2.75) is 39.3 Å². The molecule has 1 fully saturated rings. The maximum absolute atomic E-state index is 5.68. The molecule has 0 amide bonds. The van der Waals surface area contributed by atoms with Crippen molar-refractivity contribution in [3.63, 3.8) is 0 Å². The van der Waals surface area contributed by atoms with Gasteiger partial charge < -0.3 is 15.5 Å². The predicted octanol–water partition coefficient (Wildman–Crippen LogP) is 0.858. The number of aromatic nitrogens is 1. The molecule has 82 valence electrons. The van der Waals surface area contributed by atoms with Crippen molar-refractivity contribution in [1.82, 2.24) is 10.3 Å². The number of nitrogens with zero attached hydrogens (tertiary/aromatic N) is 2. The maximum atomic E-state index is 5.68. The van der Waals surface area contributed by atoms with Gasteiger partial charge in [0, 0.05) is 6.04 Å². The minimum atomic E-state index is 0.403. The van der Waals surface area contributed by atoms with E-state index in [4.69, 9.17) is 10.2 Å². The molecular formula is C10H16N4O. The third-order valence-corrected chi connectivity index (χ3v) is 2.39. The molecule has 0 atom stereocenters. The van der Waals surface area contributed by atoms with Crippen molar-refractivity contribution in [2.24, 2.45) is 10.7 Å². The summed E-state index contributed by atoms with van der Waals surface area (Å²) in [6.45, 7) is 4.21. The Hall–Kier alpha value is -1.52. The fourth-order valence-electron chi connectivity index (χ4n) is 1.24. The monoisotopic (exact) mass is 208 g/mol. The summed E-state index contributed by atoms with van der Waals surface area (Å²) in [5, 5.41) is 3.10. The van der Waals surface area contributed by atoms with Gasteiger partial charge in [-0.3, -0.25) is 0 Å². The molecule has 1 saturated carbocycles. The van der Waals surface area contributed by atoms with Gasteiger partial charge >= 0.3 is 0 Å². The van der Waals surface area contributed by atoms with E-state index >= 15 is 0 Å². The molecule has 0 radical (unpaired) electrons. The third kappa shape index (κ3) is 2.71. The highest BCUT2D eigenvalue weighted by atomic mass is 16.4. The Morgan fingerprint density at radius 3 is 2.87 bits per heavy atom. The van der Waals surface area contributed by atoms with Crippen LogP contribution in [0, 0.1) is 13.8 Å². The highest BCUT2D eigenvalue weighted by Crippen LogP contribution is 2.18. The number of hydrogen-bond acceptors (Lipinski definition) is 3. The molecule has 1 aromatic rings. The van der Waals surface area contributed by atoms with Gasteiger partial charge in [0.1, 0.15) is 12.3 Å². The normalized spacial score (nSPS) is 16.8. The molecule has 1 heterocycles. The number of oxazole rings is 1. The minimum absolute atomic E-state index is 0.403. The Balaban J connectivity index is 1.90. The van der Waals surface area contributed by atoms with Crippen LogP contribution in [0.4, 0.5) is 0 Å². The highest BCUT2D eigenvalue weighted by Gasteiger charge is 2.21. The Kier molecular flexibility index (Phi) is 2.62. The van der Waals surface area contributed by atoms with Gasteiger partial charge in [0.2, 0.25) is 5.89 Å². The minimum Gasteiger partial charge on any atom is -0.444 e. The first kappa shape index (κ1) is 10.0. The van der Waals surface area contributed by atoms with Crippen LogP contribution in [-0.2, 0) is 6.54 Å². The Bertz CT molecular complexity index is 359. The molecule has 0 bridgehead atoms. The van der Waals surface area contributed by atoms with Crippen molar-refractivity contribution in [2.75, 3.05) is 0 Å². The molecule has 0 saturated heterocycles. The summed E-state index contributed by atoms with van der Waals surface area (Å²) in [4.78, 5) is 8.38. The van der Waals surface area contributed by atoms with Gasteiger partial charge in [-0.2, -0.15) is 0 Å². The van der Waals surface area contributed by atoms with Gasteiger partial charge in [0.25, 0.3) is 0 Å². The van der Waals surface area contributed by atoms with Crippen LogP contribution < -0.4 is 11.1 Å². The Morgan fingerprint density at radius 1 is 1.60 bits per heavy atom. The zero-order chi connectivity index (χ0) is 10.8. The Labute approximate surface area is 88.8 Å². The molecule has 1 aliphatic rings. The van der Waals surface area contributed by atoms with Crippen LogP contribution in [0.2, 0.25) is 0 Å². The van der Waals surface area contributed by atoms with E-state index in [0.29, 0.717) is 24.4 Å². The van der Waals surface area contributed by atoms with Gasteiger partial charge in [0.05, 0.1) is 5.69 Å². The fourth-order valence-corrected chi connectivity index (χ4v) is 1.24. The number of hydrogen-bond donors (Lipinski definition) is 2. The van der Waals surface area contributed by atoms with Crippen LogP contribution in [0.15, 0.2) is 9.41 Å². The molecule has 0 aliphatic heterocycles. The first-order valence-corrected chi connectivity index (χ1v) is 5.14. The largest absolute Gasteiger partial charge is 0.444 e. The van der Waals surface area contributed by atoms with E-state index in [1.54, 1.807) is 0 Å². The molecule has 0 spiro atoms. The number of guanidine groups is 1. The summed E-state index contributed by atoms with van der Waals surface area (Å²) in [5.41, 5.74) is 6.59. The average Bonchev–Trinajstić information content (AvgIpc) is 2.92. The highest BCUT2D eigenvalue weighted by molar-refractivity contribution is 5.78. The van der Waals surface area contributed by atoms with E-state index in [1.165, 1.54) is 12.8 Å². The molecule has 5 heteroatoms. The van der Waals surface area contributed by atoms with E-state index in [-0.39, 0.29) is 0 Å². The van der Waals surface area contributed by atoms with Gasteiger partial charge in [-0.25, -0.2) is 9.98 Å².